The van der Waals surface area contributed by atoms with Gasteiger partial charge in [-0.1, -0.05) is 17.3 Å². The van der Waals surface area contributed by atoms with E-state index in [-0.39, 0.29) is 18.3 Å². The number of hydrogen-bond donors (Lipinski definition) is 0. The predicted octanol–water partition coefficient (Wildman–Crippen LogP) is 2.23. The molecule has 1 aliphatic rings. The summed E-state index contributed by atoms with van der Waals surface area (Å²) in [6.45, 7) is 3.01. The fourth-order valence-corrected chi connectivity index (χ4v) is 2.85. The maximum atomic E-state index is 13.4. The van der Waals surface area contributed by atoms with Crippen LogP contribution in [-0.4, -0.2) is 53.5 Å². The average molecular weight is 401 g/mol. The summed E-state index contributed by atoms with van der Waals surface area (Å²) in [4.78, 5) is 15.3. The van der Waals surface area contributed by atoms with Crippen molar-refractivity contribution >= 4 is 5.95 Å². The molecule has 0 unspecified atom stereocenters. The Bertz CT molecular complexity index is 961. The number of hydrogen-bond acceptors (Lipinski definition) is 9. The van der Waals surface area contributed by atoms with Gasteiger partial charge < -0.3 is 23.6 Å². The molecule has 1 aliphatic heterocycles. The first-order chi connectivity index (χ1) is 14.2. The highest BCUT2D eigenvalue weighted by Crippen LogP contribution is 2.20. The number of benzene rings is 1. The molecule has 0 bridgehead atoms. The number of methoxy groups -OCH3 is 1. The second-order valence-corrected chi connectivity index (χ2v) is 6.34. The zero-order valence-electron chi connectivity index (χ0n) is 15.9. The molecule has 0 aliphatic carbocycles. The van der Waals surface area contributed by atoms with E-state index < -0.39 is 0 Å². The van der Waals surface area contributed by atoms with Gasteiger partial charge in [0.2, 0.25) is 17.7 Å². The van der Waals surface area contributed by atoms with E-state index >= 15 is 0 Å². The highest BCUT2D eigenvalue weighted by molar-refractivity contribution is 5.53. The van der Waals surface area contributed by atoms with E-state index in [1.54, 1.807) is 25.3 Å². The van der Waals surface area contributed by atoms with Gasteiger partial charge in [-0.05, 0) is 12.1 Å². The van der Waals surface area contributed by atoms with E-state index in [0.29, 0.717) is 61.8 Å². The number of ether oxygens (including phenoxy) is 3. The van der Waals surface area contributed by atoms with Crippen LogP contribution in [0.2, 0.25) is 0 Å². The molecule has 1 aromatic carbocycles. The summed E-state index contributed by atoms with van der Waals surface area (Å²) in [5, 5.41) is 3.87. The van der Waals surface area contributed by atoms with Gasteiger partial charge in [-0.15, -0.1) is 0 Å². The molecule has 4 rings (SSSR count). The van der Waals surface area contributed by atoms with Gasteiger partial charge in [0.15, 0.2) is 6.61 Å². The topological polar surface area (TPSA) is 95.6 Å². The fourth-order valence-electron chi connectivity index (χ4n) is 2.85. The van der Waals surface area contributed by atoms with E-state index in [9.17, 15) is 4.39 Å². The van der Waals surface area contributed by atoms with Crippen LogP contribution in [0.3, 0.4) is 0 Å². The Hall–Kier alpha value is -3.11. The Balaban J connectivity index is 1.48. The second kappa shape index (κ2) is 8.93. The molecule has 1 fully saturated rings. The van der Waals surface area contributed by atoms with Crippen molar-refractivity contribution < 1.29 is 23.1 Å². The first kappa shape index (κ1) is 19.2. The van der Waals surface area contributed by atoms with Gasteiger partial charge in [0.05, 0.1) is 25.5 Å². The number of rotatable bonds is 7. The Morgan fingerprint density at radius 2 is 1.97 bits per heavy atom. The van der Waals surface area contributed by atoms with Crippen LogP contribution in [-0.2, 0) is 22.7 Å². The van der Waals surface area contributed by atoms with E-state index in [1.165, 1.54) is 12.1 Å². The smallest absolute Gasteiger partial charge is 0.264 e. The molecular weight excluding hydrogens is 381 g/mol. The number of morpholine rings is 1. The molecule has 29 heavy (non-hydrogen) atoms. The summed E-state index contributed by atoms with van der Waals surface area (Å²) in [7, 11) is 1.60. The number of halogens is 1. The van der Waals surface area contributed by atoms with E-state index in [0.717, 1.165) is 0 Å². The zero-order chi connectivity index (χ0) is 20.1. The third-order valence-electron chi connectivity index (χ3n) is 4.22. The molecule has 0 amide bonds. The molecule has 1 saturated heterocycles. The summed E-state index contributed by atoms with van der Waals surface area (Å²) in [6, 6.07) is 7.69. The maximum absolute atomic E-state index is 13.4. The van der Waals surface area contributed by atoms with Crippen molar-refractivity contribution in [3.63, 3.8) is 0 Å². The van der Waals surface area contributed by atoms with Crippen molar-refractivity contribution in [2.75, 3.05) is 38.3 Å². The maximum Gasteiger partial charge on any atom is 0.264 e. The summed E-state index contributed by atoms with van der Waals surface area (Å²) < 4.78 is 34.9. The van der Waals surface area contributed by atoms with Crippen LogP contribution in [0.1, 0.15) is 11.6 Å². The minimum atomic E-state index is -0.368. The molecule has 3 aromatic rings. The summed E-state index contributed by atoms with van der Waals surface area (Å²) >= 11 is 0. The largest absolute Gasteiger partial charge is 0.467 e. The van der Waals surface area contributed by atoms with Crippen molar-refractivity contribution in [3.8, 4) is 17.3 Å². The normalized spacial score (nSPS) is 14.2. The number of anilines is 1. The van der Waals surface area contributed by atoms with Crippen LogP contribution in [0.15, 0.2) is 34.9 Å². The Morgan fingerprint density at radius 3 is 2.76 bits per heavy atom. The minimum Gasteiger partial charge on any atom is -0.467 e. The lowest BCUT2D eigenvalue weighted by molar-refractivity contribution is 0.121. The summed E-state index contributed by atoms with van der Waals surface area (Å²) in [6.07, 6.45) is 0. The van der Waals surface area contributed by atoms with Crippen molar-refractivity contribution in [3.05, 3.63) is 47.7 Å². The van der Waals surface area contributed by atoms with E-state index in [1.807, 2.05) is 4.90 Å². The van der Waals surface area contributed by atoms with Gasteiger partial charge in [0.25, 0.3) is 5.89 Å². The quantitative estimate of drug-likeness (QED) is 0.590. The molecule has 0 saturated carbocycles. The Kier molecular flexibility index (Phi) is 5.92. The molecule has 152 valence electrons. The second-order valence-electron chi connectivity index (χ2n) is 6.34. The van der Waals surface area contributed by atoms with Crippen LogP contribution in [0.4, 0.5) is 10.3 Å². The van der Waals surface area contributed by atoms with Crippen molar-refractivity contribution in [2.45, 2.75) is 13.2 Å². The molecule has 0 atom stereocenters. The van der Waals surface area contributed by atoms with Gasteiger partial charge >= 0.3 is 0 Å². The highest BCUT2D eigenvalue weighted by atomic mass is 19.1. The Labute approximate surface area is 166 Å². The SMILES string of the molecule is COCc1cc(OCc2nc(-c3cccc(F)c3)no2)nc(N2CCOCC2)n1. The van der Waals surface area contributed by atoms with Gasteiger partial charge in [0.1, 0.15) is 5.82 Å². The standard InChI is InChI=1S/C19H20FN5O4/c1-26-11-15-10-16(23-19(21-15)25-5-7-27-8-6-25)28-12-17-22-18(24-29-17)13-3-2-4-14(20)9-13/h2-4,9-10H,5-8,11-12H2,1H3. The van der Waals surface area contributed by atoms with E-state index in [4.69, 9.17) is 18.7 Å². The summed E-state index contributed by atoms with van der Waals surface area (Å²) in [5.74, 6) is 1.11. The predicted molar refractivity (Wildman–Crippen MR) is 99.8 cm³/mol. The lowest BCUT2D eigenvalue weighted by atomic mass is 10.2. The molecule has 0 N–H and O–H groups in total. The monoisotopic (exact) mass is 401 g/mol. The molecule has 9 nitrogen and oxygen atoms in total. The van der Waals surface area contributed by atoms with Crippen LogP contribution >= 0.6 is 0 Å². The molecule has 0 radical (unpaired) electrons. The van der Waals surface area contributed by atoms with Gasteiger partial charge in [-0.2, -0.15) is 9.97 Å². The van der Waals surface area contributed by atoms with Crippen LogP contribution in [0.5, 0.6) is 5.88 Å². The summed E-state index contributed by atoms with van der Waals surface area (Å²) in [5.41, 5.74) is 1.23. The van der Waals surface area contributed by atoms with Gasteiger partial charge in [-0.3, -0.25) is 0 Å². The fraction of sp³-hybridized carbons (Fsp3) is 0.368. The molecule has 3 heterocycles. The van der Waals surface area contributed by atoms with Gasteiger partial charge in [-0.25, -0.2) is 9.37 Å². The number of aromatic nitrogens is 4. The van der Waals surface area contributed by atoms with Crippen LogP contribution < -0.4 is 9.64 Å². The molecule has 10 heteroatoms. The minimum absolute atomic E-state index is 0.0221. The molecule has 2 aromatic heterocycles. The van der Waals surface area contributed by atoms with Crippen LogP contribution in [0, 0.1) is 5.82 Å². The first-order valence-corrected chi connectivity index (χ1v) is 9.12. The van der Waals surface area contributed by atoms with Crippen molar-refractivity contribution in [1.29, 1.82) is 0 Å². The Morgan fingerprint density at radius 1 is 1.10 bits per heavy atom. The lowest BCUT2D eigenvalue weighted by Gasteiger charge is -2.27. The van der Waals surface area contributed by atoms with Crippen molar-refractivity contribution in [2.24, 2.45) is 0 Å². The van der Waals surface area contributed by atoms with E-state index in [2.05, 4.69) is 20.1 Å². The van der Waals surface area contributed by atoms with Crippen LogP contribution in [0.25, 0.3) is 11.4 Å². The van der Waals surface area contributed by atoms with Gasteiger partial charge in [0, 0.05) is 31.8 Å². The number of nitrogens with zero attached hydrogens (tertiary/aromatic N) is 5. The lowest BCUT2D eigenvalue weighted by Crippen LogP contribution is -2.37. The van der Waals surface area contributed by atoms with Crippen molar-refractivity contribution in [1.82, 2.24) is 20.1 Å². The zero-order valence-corrected chi connectivity index (χ0v) is 15.9. The third kappa shape index (κ3) is 4.84. The molecule has 0 spiro atoms. The molecular formula is C19H20FN5O4. The third-order valence-corrected chi connectivity index (χ3v) is 4.22. The average Bonchev–Trinajstić information content (AvgIpc) is 3.22. The first-order valence-electron chi connectivity index (χ1n) is 9.12. The highest BCUT2D eigenvalue weighted by Gasteiger charge is 2.17.